The Bertz CT molecular complexity index is 701. The molecule has 0 saturated heterocycles. The smallest absolute Gasteiger partial charge is 0.0153 e. The first-order chi connectivity index (χ1) is 11.8. The molecule has 0 radical (unpaired) electrons. The summed E-state index contributed by atoms with van der Waals surface area (Å²) in [5, 5.41) is 0. The maximum atomic E-state index is 2.35. The molecule has 0 amide bonds. The van der Waals surface area contributed by atoms with Gasteiger partial charge in [-0.1, -0.05) is 97.9 Å². The predicted molar refractivity (Wildman–Crippen MR) is 103 cm³/mol. The van der Waals surface area contributed by atoms with Crippen LogP contribution in [0.15, 0.2) is 91.0 Å². The van der Waals surface area contributed by atoms with Crippen molar-refractivity contribution in [2.24, 2.45) is 0 Å². The maximum Gasteiger partial charge on any atom is -0.0153 e. The molecule has 2 unspecified atom stereocenters. The monoisotopic (exact) mass is 314 g/mol. The lowest BCUT2D eigenvalue weighted by molar-refractivity contribution is 0.525. The summed E-state index contributed by atoms with van der Waals surface area (Å²) in [5.41, 5.74) is 4.35. The topological polar surface area (TPSA) is 0 Å². The molecule has 0 bridgehead atoms. The second kappa shape index (κ2) is 8.49. The highest BCUT2D eigenvalue weighted by molar-refractivity contribution is 5.24. The Morgan fingerprint density at radius 3 is 1.71 bits per heavy atom. The third-order valence-corrected chi connectivity index (χ3v) is 4.90. The lowest BCUT2D eigenvalue weighted by Crippen LogP contribution is -2.06. The Labute approximate surface area is 146 Å². The van der Waals surface area contributed by atoms with Gasteiger partial charge >= 0.3 is 0 Å². The van der Waals surface area contributed by atoms with Crippen molar-refractivity contribution < 1.29 is 0 Å². The van der Waals surface area contributed by atoms with Crippen LogP contribution in [0, 0.1) is 0 Å². The Morgan fingerprint density at radius 2 is 1.12 bits per heavy atom. The second-order valence-corrected chi connectivity index (χ2v) is 6.68. The van der Waals surface area contributed by atoms with E-state index in [1.165, 1.54) is 29.5 Å². The Balaban J connectivity index is 1.72. The van der Waals surface area contributed by atoms with Crippen LogP contribution in [0.5, 0.6) is 0 Å². The van der Waals surface area contributed by atoms with Crippen molar-refractivity contribution in [1.82, 2.24) is 0 Å². The number of aryl methyl sites for hydroxylation is 1. The molecule has 0 nitrogen and oxygen atoms in total. The highest BCUT2D eigenvalue weighted by atomic mass is 14.2. The highest BCUT2D eigenvalue weighted by Gasteiger charge is 2.16. The summed E-state index contributed by atoms with van der Waals surface area (Å²) < 4.78 is 0. The summed E-state index contributed by atoms with van der Waals surface area (Å²) in [5.74, 6) is 1.17. The van der Waals surface area contributed by atoms with E-state index in [4.69, 9.17) is 0 Å². The molecular weight excluding hydrogens is 288 g/mol. The summed E-state index contributed by atoms with van der Waals surface area (Å²) >= 11 is 0. The van der Waals surface area contributed by atoms with Gasteiger partial charge in [0.25, 0.3) is 0 Å². The zero-order valence-corrected chi connectivity index (χ0v) is 14.4. The fourth-order valence-electron chi connectivity index (χ4n) is 3.48. The van der Waals surface area contributed by atoms with Gasteiger partial charge in [-0.2, -0.15) is 0 Å². The van der Waals surface area contributed by atoms with Gasteiger partial charge in [-0.25, -0.2) is 0 Å². The molecule has 0 aromatic heterocycles. The van der Waals surface area contributed by atoms with Gasteiger partial charge in [-0.05, 0) is 47.8 Å². The van der Waals surface area contributed by atoms with E-state index in [-0.39, 0.29) is 0 Å². The standard InChI is InChI=1S/C24H26/c1-20(22-13-7-3-8-14-22)19-24(23-15-9-4-10-16-23)18-17-21-11-5-2-6-12-21/h2-16,20,24H,17-19H2,1H3. The zero-order chi connectivity index (χ0) is 16.6. The van der Waals surface area contributed by atoms with Crippen LogP contribution in [0.2, 0.25) is 0 Å². The minimum Gasteiger partial charge on any atom is -0.0622 e. The number of hydrogen-bond donors (Lipinski definition) is 0. The summed E-state index contributed by atoms with van der Waals surface area (Å²) in [6, 6.07) is 32.8. The summed E-state index contributed by atoms with van der Waals surface area (Å²) in [6.45, 7) is 2.35. The van der Waals surface area contributed by atoms with Crippen LogP contribution in [0.3, 0.4) is 0 Å². The van der Waals surface area contributed by atoms with Crippen molar-refractivity contribution in [2.75, 3.05) is 0 Å². The Kier molecular flexibility index (Phi) is 5.85. The van der Waals surface area contributed by atoms with Gasteiger partial charge < -0.3 is 0 Å². The van der Waals surface area contributed by atoms with Crippen molar-refractivity contribution in [1.29, 1.82) is 0 Å². The average Bonchev–Trinajstić information content (AvgIpc) is 2.67. The minimum absolute atomic E-state index is 0.576. The fourth-order valence-corrected chi connectivity index (χ4v) is 3.48. The molecule has 0 heterocycles. The van der Waals surface area contributed by atoms with E-state index in [2.05, 4.69) is 97.9 Å². The summed E-state index contributed by atoms with van der Waals surface area (Å²) in [6.07, 6.45) is 3.54. The van der Waals surface area contributed by atoms with E-state index in [1.54, 1.807) is 0 Å². The van der Waals surface area contributed by atoms with Gasteiger partial charge in [0.1, 0.15) is 0 Å². The van der Waals surface area contributed by atoms with E-state index in [0.29, 0.717) is 11.8 Å². The molecule has 3 aromatic rings. The van der Waals surface area contributed by atoms with Crippen molar-refractivity contribution in [3.63, 3.8) is 0 Å². The van der Waals surface area contributed by atoms with E-state index in [0.717, 1.165) is 6.42 Å². The molecule has 0 aliphatic carbocycles. The predicted octanol–water partition coefficient (Wildman–Crippen LogP) is 6.60. The van der Waals surface area contributed by atoms with E-state index in [1.807, 2.05) is 0 Å². The third kappa shape index (κ3) is 4.58. The molecule has 0 heteroatoms. The van der Waals surface area contributed by atoms with E-state index < -0.39 is 0 Å². The molecule has 0 aliphatic rings. The Morgan fingerprint density at radius 1 is 0.625 bits per heavy atom. The highest BCUT2D eigenvalue weighted by Crippen LogP contribution is 2.32. The second-order valence-electron chi connectivity index (χ2n) is 6.68. The summed E-state index contributed by atoms with van der Waals surface area (Å²) in [4.78, 5) is 0. The van der Waals surface area contributed by atoms with Crippen LogP contribution in [-0.4, -0.2) is 0 Å². The van der Waals surface area contributed by atoms with Gasteiger partial charge in [0.15, 0.2) is 0 Å². The van der Waals surface area contributed by atoms with E-state index in [9.17, 15) is 0 Å². The molecule has 0 aliphatic heterocycles. The summed E-state index contributed by atoms with van der Waals surface area (Å²) in [7, 11) is 0. The zero-order valence-electron chi connectivity index (χ0n) is 14.4. The van der Waals surface area contributed by atoms with Gasteiger partial charge in [0.2, 0.25) is 0 Å². The van der Waals surface area contributed by atoms with Gasteiger partial charge in [0, 0.05) is 0 Å². The fraction of sp³-hybridized carbons (Fsp3) is 0.250. The van der Waals surface area contributed by atoms with Crippen LogP contribution < -0.4 is 0 Å². The number of benzene rings is 3. The van der Waals surface area contributed by atoms with Crippen molar-refractivity contribution in [2.45, 2.75) is 38.0 Å². The Hall–Kier alpha value is -2.34. The first-order valence-electron chi connectivity index (χ1n) is 8.97. The third-order valence-electron chi connectivity index (χ3n) is 4.90. The molecule has 0 fully saturated rings. The van der Waals surface area contributed by atoms with Crippen molar-refractivity contribution in [3.05, 3.63) is 108 Å². The molecule has 122 valence electrons. The molecule has 24 heavy (non-hydrogen) atoms. The SMILES string of the molecule is CC(CC(CCc1ccccc1)c1ccccc1)c1ccccc1. The number of hydrogen-bond acceptors (Lipinski definition) is 0. The van der Waals surface area contributed by atoms with Crippen LogP contribution in [0.4, 0.5) is 0 Å². The largest absolute Gasteiger partial charge is 0.0622 e. The van der Waals surface area contributed by atoms with Crippen LogP contribution in [-0.2, 0) is 6.42 Å². The van der Waals surface area contributed by atoms with Gasteiger partial charge in [-0.3, -0.25) is 0 Å². The van der Waals surface area contributed by atoms with Gasteiger partial charge in [-0.15, -0.1) is 0 Å². The lowest BCUT2D eigenvalue weighted by Gasteiger charge is -2.22. The molecule has 0 spiro atoms. The number of rotatable bonds is 7. The molecule has 0 N–H and O–H groups in total. The molecule has 2 atom stereocenters. The first kappa shape index (κ1) is 16.5. The normalized spacial score (nSPS) is 13.4. The van der Waals surface area contributed by atoms with Gasteiger partial charge in [0.05, 0.1) is 0 Å². The van der Waals surface area contributed by atoms with Crippen LogP contribution in [0.25, 0.3) is 0 Å². The van der Waals surface area contributed by atoms with Crippen molar-refractivity contribution in [3.8, 4) is 0 Å². The van der Waals surface area contributed by atoms with E-state index >= 15 is 0 Å². The molecular formula is C24H26. The van der Waals surface area contributed by atoms with Crippen molar-refractivity contribution >= 4 is 0 Å². The quantitative estimate of drug-likeness (QED) is 0.461. The minimum atomic E-state index is 0.576. The average molecular weight is 314 g/mol. The molecule has 3 rings (SSSR count). The lowest BCUT2D eigenvalue weighted by atomic mass is 9.83. The van der Waals surface area contributed by atoms with Crippen LogP contribution in [0.1, 0.15) is 48.3 Å². The maximum absolute atomic E-state index is 2.35. The molecule has 3 aromatic carbocycles. The van der Waals surface area contributed by atoms with Crippen LogP contribution >= 0.6 is 0 Å². The molecule has 0 saturated carbocycles. The first-order valence-corrected chi connectivity index (χ1v) is 8.97.